The molecule has 0 radical (unpaired) electrons. The van der Waals surface area contributed by atoms with Crippen LogP contribution in [0.1, 0.15) is 5.56 Å². The lowest BCUT2D eigenvalue weighted by atomic mass is 10.1. The van der Waals surface area contributed by atoms with Crippen LogP contribution in [0.5, 0.6) is 0 Å². The third kappa shape index (κ3) is 2.66. The molecule has 1 unspecified atom stereocenters. The Morgan fingerprint density at radius 3 is 2.85 bits per heavy atom. The summed E-state index contributed by atoms with van der Waals surface area (Å²) in [6, 6.07) is 5.22. The molecule has 5 heteroatoms. The second kappa shape index (κ2) is 4.18. The maximum atomic E-state index is 10.2. The van der Waals surface area contributed by atoms with Crippen LogP contribution in [0.3, 0.4) is 0 Å². The van der Waals surface area contributed by atoms with E-state index in [1.807, 2.05) is 0 Å². The van der Waals surface area contributed by atoms with Crippen molar-refractivity contribution >= 4 is 28.5 Å². The molecule has 70 valence electrons. The fourth-order valence-electron chi connectivity index (χ4n) is 0.908. The molecule has 1 rings (SSSR count). The van der Waals surface area contributed by atoms with Gasteiger partial charge in [-0.2, -0.15) is 0 Å². The zero-order valence-electron chi connectivity index (χ0n) is 6.90. The summed E-state index contributed by atoms with van der Waals surface area (Å²) in [5.41, 5.74) is 11.2. The number of anilines is 1. The van der Waals surface area contributed by atoms with Gasteiger partial charge in [-0.15, -0.1) is 0 Å². The molecule has 1 aromatic carbocycles. The van der Waals surface area contributed by atoms with Gasteiger partial charge in [0.1, 0.15) is 0 Å². The molecule has 0 aromatic heterocycles. The summed E-state index contributed by atoms with van der Waals surface area (Å²) in [6.45, 7) is 0. The summed E-state index contributed by atoms with van der Waals surface area (Å²) >= 11 is -2.18. The summed E-state index contributed by atoms with van der Waals surface area (Å²) < 4.78 is 20.5. The highest BCUT2D eigenvalue weighted by Crippen LogP contribution is 2.18. The third-order valence-corrected chi connectivity index (χ3v) is 1.97. The number of rotatable bonds is 2. The van der Waals surface area contributed by atoms with Crippen molar-refractivity contribution < 1.29 is 14.5 Å². The van der Waals surface area contributed by atoms with Gasteiger partial charge in [0.25, 0.3) is 0 Å². The summed E-state index contributed by atoms with van der Waals surface area (Å²) in [6.07, 6.45) is 1.46. The Labute approximate surface area is 78.5 Å². The van der Waals surface area contributed by atoms with E-state index in [0.717, 1.165) is 5.41 Å². The van der Waals surface area contributed by atoms with Gasteiger partial charge >= 0.3 is 0 Å². The van der Waals surface area contributed by atoms with Crippen molar-refractivity contribution in [3.63, 3.8) is 0 Å². The van der Waals surface area contributed by atoms with E-state index in [9.17, 15) is 8.76 Å². The van der Waals surface area contributed by atoms with E-state index in [4.69, 9.17) is 5.73 Å². The summed E-state index contributed by atoms with van der Waals surface area (Å²) in [5, 5.41) is 1.06. The normalized spacial score (nSPS) is 13.4. The lowest BCUT2D eigenvalue weighted by Crippen LogP contribution is -2.42. The largest absolute Gasteiger partial charge is 0.769 e. The molecule has 0 aliphatic carbocycles. The standard InChI is InChI=1S/C8H10N2O2S/c9-7-3-1-2-6(8(7)10)4-5-13(11)12/h1-5H,9-10H2,(H,11,12). The van der Waals surface area contributed by atoms with Crippen LogP contribution in [0.4, 0.5) is 11.4 Å². The Bertz CT molecular complexity index is 363. The van der Waals surface area contributed by atoms with Crippen molar-refractivity contribution in [1.82, 2.24) is 0 Å². The van der Waals surface area contributed by atoms with E-state index in [2.05, 4.69) is 5.73 Å². The maximum Gasteiger partial charge on any atom is 0.158 e. The lowest BCUT2D eigenvalue weighted by Gasteiger charge is -2.00. The Morgan fingerprint density at radius 1 is 1.54 bits per heavy atom. The first-order valence-electron chi connectivity index (χ1n) is 3.58. The number of hydrogen-bond donors (Lipinski definition) is 2. The SMILES string of the molecule is Nc1cccc(C=CS(=O)[O-])c1[NH3+]. The summed E-state index contributed by atoms with van der Waals surface area (Å²) in [5.74, 6) is 0. The summed E-state index contributed by atoms with van der Waals surface area (Å²) in [7, 11) is 0. The molecule has 0 spiro atoms. The van der Waals surface area contributed by atoms with Gasteiger partial charge in [-0.3, -0.25) is 4.21 Å². The molecule has 0 heterocycles. The van der Waals surface area contributed by atoms with Crippen molar-refractivity contribution in [2.24, 2.45) is 0 Å². The molecule has 1 aromatic rings. The quantitative estimate of drug-likeness (QED) is 0.517. The van der Waals surface area contributed by atoms with Crippen LogP contribution in [0, 0.1) is 0 Å². The minimum atomic E-state index is -2.18. The fraction of sp³-hybridized carbons (Fsp3) is 0. The molecule has 0 saturated carbocycles. The second-order valence-electron chi connectivity index (χ2n) is 2.48. The predicted molar refractivity (Wildman–Crippen MR) is 51.4 cm³/mol. The van der Waals surface area contributed by atoms with E-state index >= 15 is 0 Å². The molecule has 0 aliphatic heterocycles. The highest BCUT2D eigenvalue weighted by atomic mass is 32.2. The maximum absolute atomic E-state index is 10.2. The van der Waals surface area contributed by atoms with Crippen LogP contribution in [0.15, 0.2) is 23.6 Å². The summed E-state index contributed by atoms with van der Waals surface area (Å²) in [4.78, 5) is 0. The van der Waals surface area contributed by atoms with E-state index in [1.54, 1.807) is 18.2 Å². The third-order valence-electron chi connectivity index (χ3n) is 1.61. The lowest BCUT2D eigenvalue weighted by molar-refractivity contribution is -0.253. The number of nitrogens with two attached hydrogens (primary N) is 1. The average molecular weight is 198 g/mol. The van der Waals surface area contributed by atoms with E-state index in [0.29, 0.717) is 16.9 Å². The molecule has 5 N–H and O–H groups in total. The molecule has 0 amide bonds. The molecule has 0 saturated heterocycles. The molecule has 13 heavy (non-hydrogen) atoms. The van der Waals surface area contributed by atoms with Gasteiger partial charge in [-0.25, -0.2) is 0 Å². The minimum absolute atomic E-state index is 0.554. The van der Waals surface area contributed by atoms with Crippen LogP contribution >= 0.6 is 0 Å². The molecular formula is C8H10N2O2S. The van der Waals surface area contributed by atoms with Crippen LogP contribution in [-0.2, 0) is 11.1 Å². The number of hydrogen-bond acceptors (Lipinski definition) is 3. The average Bonchev–Trinajstić information content (AvgIpc) is 2.07. The van der Waals surface area contributed by atoms with Crippen molar-refractivity contribution in [1.29, 1.82) is 0 Å². The van der Waals surface area contributed by atoms with Gasteiger partial charge in [-0.05, 0) is 34.7 Å². The van der Waals surface area contributed by atoms with Gasteiger partial charge in [0.15, 0.2) is 5.69 Å². The van der Waals surface area contributed by atoms with Gasteiger partial charge < -0.3 is 16.0 Å². The van der Waals surface area contributed by atoms with E-state index in [-0.39, 0.29) is 0 Å². The number of benzene rings is 1. The Morgan fingerprint density at radius 2 is 2.23 bits per heavy atom. The monoisotopic (exact) mass is 198 g/mol. The Balaban J connectivity index is 3.02. The van der Waals surface area contributed by atoms with Crippen LogP contribution in [0.25, 0.3) is 6.08 Å². The minimum Gasteiger partial charge on any atom is -0.769 e. The Hall–Kier alpha value is -1.17. The first kappa shape index (κ1) is 9.91. The molecule has 1 atom stereocenters. The zero-order valence-corrected chi connectivity index (χ0v) is 7.71. The zero-order chi connectivity index (χ0) is 9.84. The molecule has 0 fully saturated rings. The predicted octanol–water partition coefficient (Wildman–Crippen LogP) is -0.00800. The van der Waals surface area contributed by atoms with E-state index < -0.39 is 11.1 Å². The first-order chi connectivity index (χ1) is 6.11. The van der Waals surface area contributed by atoms with Crippen LogP contribution in [0.2, 0.25) is 0 Å². The van der Waals surface area contributed by atoms with Gasteiger partial charge in [-0.1, -0.05) is 6.07 Å². The highest BCUT2D eigenvalue weighted by Gasteiger charge is 2.01. The molecule has 0 bridgehead atoms. The fourth-order valence-corrected chi connectivity index (χ4v) is 1.17. The Kier molecular flexibility index (Phi) is 3.18. The number of quaternary nitrogens is 1. The van der Waals surface area contributed by atoms with Crippen molar-refractivity contribution in [3.8, 4) is 0 Å². The number of nitrogen functional groups attached to an aromatic ring is 1. The van der Waals surface area contributed by atoms with Gasteiger partial charge in [0.05, 0.1) is 5.69 Å². The van der Waals surface area contributed by atoms with Crippen molar-refractivity contribution in [2.45, 2.75) is 0 Å². The van der Waals surface area contributed by atoms with Crippen molar-refractivity contribution in [2.75, 3.05) is 5.73 Å². The van der Waals surface area contributed by atoms with Gasteiger partial charge in [0, 0.05) is 5.56 Å². The van der Waals surface area contributed by atoms with Crippen LogP contribution < -0.4 is 11.5 Å². The molecular weight excluding hydrogens is 188 g/mol. The topological polar surface area (TPSA) is 93.8 Å². The van der Waals surface area contributed by atoms with Crippen molar-refractivity contribution in [3.05, 3.63) is 29.2 Å². The molecule has 0 aliphatic rings. The van der Waals surface area contributed by atoms with Crippen LogP contribution in [-0.4, -0.2) is 8.76 Å². The van der Waals surface area contributed by atoms with E-state index in [1.165, 1.54) is 6.08 Å². The highest BCUT2D eigenvalue weighted by molar-refractivity contribution is 7.82. The smallest absolute Gasteiger partial charge is 0.158 e. The molecule has 4 nitrogen and oxygen atoms in total. The first-order valence-corrected chi connectivity index (χ1v) is 4.72. The van der Waals surface area contributed by atoms with Gasteiger partial charge in [0.2, 0.25) is 0 Å². The second-order valence-corrected chi connectivity index (χ2v) is 3.27.